The minimum atomic E-state index is -4.18. The van der Waals surface area contributed by atoms with Crippen molar-refractivity contribution in [1.29, 1.82) is 0 Å². The second kappa shape index (κ2) is 9.26. The van der Waals surface area contributed by atoms with E-state index < -0.39 is 12.2 Å². The van der Waals surface area contributed by atoms with Gasteiger partial charge in [0.15, 0.2) is 5.96 Å². The quantitative estimate of drug-likeness (QED) is 0.404. The molecule has 1 saturated heterocycles. The molecule has 0 bridgehead atoms. The molecule has 1 aliphatic heterocycles. The third-order valence-corrected chi connectivity index (χ3v) is 4.07. The van der Waals surface area contributed by atoms with Crippen LogP contribution in [0.4, 0.5) is 13.2 Å². The summed E-state index contributed by atoms with van der Waals surface area (Å²) in [5.41, 5.74) is -0.331. The number of aliphatic imine (C=N–C) groups is 1. The van der Waals surface area contributed by atoms with Crippen molar-refractivity contribution >= 4 is 29.9 Å². The van der Waals surface area contributed by atoms with E-state index >= 15 is 0 Å². The zero-order chi connectivity index (χ0) is 17.0. The third-order valence-electron chi connectivity index (χ3n) is 4.07. The summed E-state index contributed by atoms with van der Waals surface area (Å²) in [6.07, 6.45) is -4.18. The fraction of sp³-hybridized carbons (Fsp3) is 0.929. The van der Waals surface area contributed by atoms with Crippen molar-refractivity contribution in [1.82, 2.24) is 15.1 Å². The minimum absolute atomic E-state index is 0. The van der Waals surface area contributed by atoms with E-state index in [9.17, 15) is 13.2 Å². The lowest BCUT2D eigenvalue weighted by Crippen LogP contribution is -2.57. The lowest BCUT2D eigenvalue weighted by Gasteiger charge is -2.40. The van der Waals surface area contributed by atoms with Gasteiger partial charge in [0, 0.05) is 46.9 Å². The number of nitrogens with zero attached hydrogens (tertiary/aromatic N) is 3. The molecule has 0 amide bonds. The molecule has 0 aromatic rings. The highest BCUT2D eigenvalue weighted by molar-refractivity contribution is 14.0. The number of guanidine groups is 1. The first-order valence-corrected chi connectivity index (χ1v) is 7.42. The predicted octanol–water partition coefficient (Wildman–Crippen LogP) is 2.17. The Bertz CT molecular complexity index is 383. The molecule has 5 nitrogen and oxygen atoms in total. The van der Waals surface area contributed by atoms with Crippen molar-refractivity contribution in [2.24, 2.45) is 4.99 Å². The van der Waals surface area contributed by atoms with Crippen LogP contribution in [0.25, 0.3) is 0 Å². The fourth-order valence-electron chi connectivity index (χ4n) is 2.22. The monoisotopic (exact) mass is 452 g/mol. The van der Waals surface area contributed by atoms with Crippen LogP contribution in [0.15, 0.2) is 4.99 Å². The summed E-state index contributed by atoms with van der Waals surface area (Å²) >= 11 is 0. The molecular weight excluding hydrogens is 424 g/mol. The summed E-state index contributed by atoms with van der Waals surface area (Å²) in [6, 6.07) is -1.41. The number of piperazine rings is 1. The number of halogens is 4. The minimum Gasteiger partial charge on any atom is -0.377 e. The van der Waals surface area contributed by atoms with Crippen LogP contribution in [-0.2, 0) is 4.74 Å². The topological polar surface area (TPSA) is 40.1 Å². The van der Waals surface area contributed by atoms with Crippen molar-refractivity contribution in [3.63, 3.8) is 0 Å². The normalized spacial score (nSPS) is 19.3. The zero-order valence-electron chi connectivity index (χ0n) is 14.4. The lowest BCUT2D eigenvalue weighted by atomic mass is 10.1. The summed E-state index contributed by atoms with van der Waals surface area (Å²) in [5.74, 6) is 0.699. The lowest BCUT2D eigenvalue weighted by molar-refractivity contribution is -0.181. The highest BCUT2D eigenvalue weighted by Crippen LogP contribution is 2.25. The maximum Gasteiger partial charge on any atom is 0.403 e. The number of nitrogens with one attached hydrogen (secondary N) is 1. The van der Waals surface area contributed by atoms with Crippen LogP contribution in [-0.4, -0.2) is 80.5 Å². The zero-order valence-corrected chi connectivity index (χ0v) is 16.7. The van der Waals surface area contributed by atoms with E-state index in [4.69, 9.17) is 4.74 Å². The van der Waals surface area contributed by atoms with Crippen LogP contribution in [0.2, 0.25) is 0 Å². The number of hydrogen-bond donors (Lipinski definition) is 1. The van der Waals surface area contributed by atoms with Crippen molar-refractivity contribution in [3.05, 3.63) is 0 Å². The maximum absolute atomic E-state index is 12.7. The highest BCUT2D eigenvalue weighted by atomic mass is 127. The van der Waals surface area contributed by atoms with Crippen molar-refractivity contribution in [2.45, 2.75) is 38.6 Å². The van der Waals surface area contributed by atoms with Crippen molar-refractivity contribution in [3.8, 4) is 0 Å². The largest absolute Gasteiger partial charge is 0.403 e. The van der Waals surface area contributed by atoms with Gasteiger partial charge in [-0.3, -0.25) is 9.89 Å². The second-order valence-electron chi connectivity index (χ2n) is 6.11. The average molecular weight is 452 g/mol. The van der Waals surface area contributed by atoms with Crippen molar-refractivity contribution in [2.75, 3.05) is 46.9 Å². The Balaban J connectivity index is 0.00000484. The number of alkyl halides is 3. The van der Waals surface area contributed by atoms with Gasteiger partial charge < -0.3 is 15.0 Å². The molecule has 0 saturated carbocycles. The van der Waals surface area contributed by atoms with E-state index in [1.165, 1.54) is 11.8 Å². The molecule has 138 valence electrons. The van der Waals surface area contributed by atoms with Gasteiger partial charge >= 0.3 is 6.18 Å². The van der Waals surface area contributed by atoms with Crippen LogP contribution >= 0.6 is 24.0 Å². The van der Waals surface area contributed by atoms with Crippen LogP contribution in [0.3, 0.4) is 0 Å². The first kappa shape index (κ1) is 22.7. The molecular formula is C14H28F3IN4O. The Morgan fingerprint density at radius 3 is 2.13 bits per heavy atom. The number of ether oxygens (including phenoxy) is 1. The van der Waals surface area contributed by atoms with Gasteiger partial charge in [-0.2, -0.15) is 13.2 Å². The fourth-order valence-corrected chi connectivity index (χ4v) is 2.22. The van der Waals surface area contributed by atoms with Crippen LogP contribution in [0, 0.1) is 0 Å². The summed E-state index contributed by atoms with van der Waals surface area (Å²) < 4.78 is 43.6. The molecule has 1 rings (SSSR count). The second-order valence-corrected chi connectivity index (χ2v) is 6.11. The Labute approximate surface area is 153 Å². The van der Waals surface area contributed by atoms with E-state index in [1.807, 2.05) is 18.7 Å². The van der Waals surface area contributed by atoms with Crippen LogP contribution in [0.5, 0.6) is 0 Å². The van der Waals surface area contributed by atoms with Gasteiger partial charge in [-0.05, 0) is 20.8 Å². The Hall–Kier alpha value is -0.290. The van der Waals surface area contributed by atoms with E-state index in [2.05, 4.69) is 10.3 Å². The third kappa shape index (κ3) is 7.00. The summed E-state index contributed by atoms with van der Waals surface area (Å²) in [4.78, 5) is 7.64. The molecule has 1 atom stereocenters. The maximum atomic E-state index is 12.7. The van der Waals surface area contributed by atoms with Gasteiger partial charge in [0.25, 0.3) is 0 Å². The molecule has 1 fully saturated rings. The molecule has 0 aromatic carbocycles. The predicted molar refractivity (Wildman–Crippen MR) is 96.5 cm³/mol. The number of methoxy groups -OCH3 is 1. The highest BCUT2D eigenvalue weighted by Gasteiger charge is 2.41. The molecule has 1 aliphatic rings. The average Bonchev–Trinajstić information content (AvgIpc) is 2.47. The molecule has 0 aromatic heterocycles. The molecule has 0 radical (unpaired) electrons. The molecule has 23 heavy (non-hydrogen) atoms. The van der Waals surface area contributed by atoms with E-state index in [1.54, 1.807) is 14.2 Å². The number of rotatable bonds is 4. The molecule has 9 heteroatoms. The van der Waals surface area contributed by atoms with E-state index in [-0.39, 0.29) is 29.6 Å². The van der Waals surface area contributed by atoms with Gasteiger partial charge in [0.05, 0.1) is 5.60 Å². The molecule has 1 unspecified atom stereocenters. The standard InChI is InChI=1S/C14H27F3N4O.HI/c1-11(14(15,16)17)20-6-8-21(9-7-20)12(18-4)19-10-13(2,3)22-5;/h11H,6-10H2,1-5H3,(H,18,19);1H. The smallest absolute Gasteiger partial charge is 0.377 e. The van der Waals surface area contributed by atoms with Gasteiger partial charge in [-0.15, -0.1) is 24.0 Å². The van der Waals surface area contributed by atoms with E-state index in [0.29, 0.717) is 38.7 Å². The first-order valence-electron chi connectivity index (χ1n) is 7.42. The Kier molecular flexibility index (Phi) is 9.14. The summed E-state index contributed by atoms with van der Waals surface area (Å²) in [5, 5.41) is 3.21. The summed E-state index contributed by atoms with van der Waals surface area (Å²) in [6.45, 7) is 7.48. The Morgan fingerprint density at radius 1 is 1.22 bits per heavy atom. The SMILES string of the molecule is CN=C(NCC(C)(C)OC)N1CCN(C(C)C(F)(F)F)CC1.I. The van der Waals surface area contributed by atoms with Gasteiger partial charge in [0.1, 0.15) is 6.04 Å². The molecule has 0 aliphatic carbocycles. The molecule has 0 spiro atoms. The van der Waals surface area contributed by atoms with Gasteiger partial charge in [0.2, 0.25) is 0 Å². The van der Waals surface area contributed by atoms with Gasteiger partial charge in [-0.25, -0.2) is 0 Å². The first-order chi connectivity index (χ1) is 10.1. The van der Waals surface area contributed by atoms with Crippen LogP contribution < -0.4 is 5.32 Å². The molecule has 1 heterocycles. The van der Waals surface area contributed by atoms with Crippen LogP contribution in [0.1, 0.15) is 20.8 Å². The van der Waals surface area contributed by atoms with Crippen molar-refractivity contribution < 1.29 is 17.9 Å². The number of hydrogen-bond acceptors (Lipinski definition) is 3. The van der Waals surface area contributed by atoms with Gasteiger partial charge in [-0.1, -0.05) is 0 Å². The molecule has 1 N–H and O–H groups in total. The summed E-state index contributed by atoms with van der Waals surface area (Å²) in [7, 11) is 3.31. The Morgan fingerprint density at radius 2 is 1.74 bits per heavy atom. The van der Waals surface area contributed by atoms with E-state index in [0.717, 1.165) is 0 Å².